The van der Waals surface area contributed by atoms with Crippen LogP contribution in [-0.4, -0.2) is 44.3 Å². The lowest BCUT2D eigenvalue weighted by molar-refractivity contribution is -0.0222. The Morgan fingerprint density at radius 2 is 1.59 bits per heavy atom. The van der Waals surface area contributed by atoms with E-state index in [0.717, 1.165) is 16.8 Å². The summed E-state index contributed by atoms with van der Waals surface area (Å²) < 4.78 is 28.5. The first-order valence-corrected chi connectivity index (χ1v) is 10.9. The summed E-state index contributed by atoms with van der Waals surface area (Å²) in [4.78, 5) is 0. The van der Waals surface area contributed by atoms with Crippen LogP contribution in [0.1, 0.15) is 35.4 Å². The van der Waals surface area contributed by atoms with E-state index >= 15 is 0 Å². The Hall–Kier alpha value is -4.07. The molecular formula is C26H26N2O6. The summed E-state index contributed by atoms with van der Waals surface area (Å²) in [5, 5.41) is 17.4. The summed E-state index contributed by atoms with van der Waals surface area (Å²) in [6.45, 7) is 0. The quantitative estimate of drug-likeness (QED) is 0.570. The van der Waals surface area contributed by atoms with E-state index in [2.05, 4.69) is 0 Å². The topological polar surface area (TPSA) is 82.0 Å². The number of rotatable bonds is 6. The number of methoxy groups -OCH3 is 4. The normalized spacial score (nSPS) is 18.4. The van der Waals surface area contributed by atoms with E-state index in [1.165, 1.54) is 0 Å². The zero-order valence-electron chi connectivity index (χ0n) is 19.4. The van der Waals surface area contributed by atoms with Crippen molar-refractivity contribution in [2.24, 2.45) is 5.10 Å². The van der Waals surface area contributed by atoms with Gasteiger partial charge in [-0.15, -0.1) is 0 Å². The number of para-hydroxylation sites is 1. The Morgan fingerprint density at radius 1 is 0.853 bits per heavy atom. The van der Waals surface area contributed by atoms with Crippen LogP contribution in [0.25, 0.3) is 0 Å². The fourth-order valence-corrected chi connectivity index (χ4v) is 4.51. The molecule has 8 heteroatoms. The standard InChI is InChI=1S/C26H26N2O6/c1-30-15-9-11-22(29)19(12-15)20-14-21-17-6-5-7-23(32-3)25(17)34-26(28(21)27-20)18-10-8-16(31-2)13-24(18)33-4/h5-13,21,26,29H,14H2,1-4H3/t21-,26-/m1/s1. The molecule has 3 aromatic rings. The summed E-state index contributed by atoms with van der Waals surface area (Å²) in [7, 11) is 6.44. The number of benzene rings is 3. The Morgan fingerprint density at radius 3 is 2.32 bits per heavy atom. The molecule has 0 unspecified atom stereocenters. The van der Waals surface area contributed by atoms with Crippen molar-refractivity contribution < 1.29 is 28.8 Å². The van der Waals surface area contributed by atoms with Gasteiger partial charge >= 0.3 is 0 Å². The summed E-state index contributed by atoms with van der Waals surface area (Å²) >= 11 is 0. The van der Waals surface area contributed by atoms with Gasteiger partial charge in [0.05, 0.1) is 45.8 Å². The number of ether oxygens (including phenoxy) is 5. The van der Waals surface area contributed by atoms with E-state index in [-0.39, 0.29) is 11.8 Å². The van der Waals surface area contributed by atoms with Gasteiger partial charge in [-0.2, -0.15) is 5.10 Å². The highest BCUT2D eigenvalue weighted by atomic mass is 16.5. The van der Waals surface area contributed by atoms with E-state index in [1.807, 2.05) is 41.4 Å². The van der Waals surface area contributed by atoms with Gasteiger partial charge < -0.3 is 28.8 Å². The first-order chi connectivity index (χ1) is 16.6. The lowest BCUT2D eigenvalue weighted by Gasteiger charge is -2.39. The minimum absolute atomic E-state index is 0.128. The molecule has 8 nitrogen and oxygen atoms in total. The van der Waals surface area contributed by atoms with E-state index < -0.39 is 6.23 Å². The van der Waals surface area contributed by atoms with Crippen LogP contribution in [0.15, 0.2) is 59.7 Å². The van der Waals surface area contributed by atoms with Crippen molar-refractivity contribution in [1.29, 1.82) is 0 Å². The van der Waals surface area contributed by atoms with Gasteiger partial charge in [0.2, 0.25) is 6.23 Å². The van der Waals surface area contributed by atoms with Crippen LogP contribution in [0.4, 0.5) is 0 Å². The van der Waals surface area contributed by atoms with Gasteiger partial charge in [0.15, 0.2) is 11.5 Å². The monoisotopic (exact) mass is 462 g/mol. The molecule has 2 atom stereocenters. The summed E-state index contributed by atoms with van der Waals surface area (Å²) in [6.07, 6.45) is -0.0147. The third kappa shape index (κ3) is 3.51. The lowest BCUT2D eigenvalue weighted by Crippen LogP contribution is -2.34. The fraction of sp³-hybridized carbons (Fsp3) is 0.269. The largest absolute Gasteiger partial charge is 0.507 e. The maximum Gasteiger partial charge on any atom is 0.217 e. The van der Waals surface area contributed by atoms with Crippen molar-refractivity contribution in [2.45, 2.75) is 18.7 Å². The first-order valence-electron chi connectivity index (χ1n) is 10.9. The molecule has 2 aliphatic heterocycles. The average molecular weight is 463 g/mol. The molecule has 0 aromatic heterocycles. The molecule has 0 fully saturated rings. The van der Waals surface area contributed by atoms with Crippen LogP contribution in [0, 0.1) is 0 Å². The predicted octanol–water partition coefficient (Wildman–Crippen LogP) is 4.67. The number of fused-ring (bicyclic) bond motifs is 3. The molecule has 176 valence electrons. The maximum atomic E-state index is 10.6. The predicted molar refractivity (Wildman–Crippen MR) is 126 cm³/mol. The molecule has 0 aliphatic carbocycles. The first kappa shape index (κ1) is 21.8. The number of phenols is 1. The number of hydrogen-bond donors (Lipinski definition) is 1. The molecule has 3 aromatic carbocycles. The SMILES string of the molecule is COc1ccc([C@H]2Oc3c(OC)cccc3[C@H]3CC(c4cc(OC)ccc4O)=NN32)c(OC)c1. The van der Waals surface area contributed by atoms with Crippen molar-refractivity contribution in [3.05, 3.63) is 71.3 Å². The van der Waals surface area contributed by atoms with Gasteiger partial charge in [-0.1, -0.05) is 12.1 Å². The second-order valence-electron chi connectivity index (χ2n) is 7.99. The van der Waals surface area contributed by atoms with Crippen LogP contribution in [0.3, 0.4) is 0 Å². The molecule has 0 spiro atoms. The Balaban J connectivity index is 1.65. The van der Waals surface area contributed by atoms with Gasteiger partial charge in [0, 0.05) is 23.6 Å². The minimum Gasteiger partial charge on any atom is -0.507 e. The van der Waals surface area contributed by atoms with Gasteiger partial charge in [-0.3, -0.25) is 0 Å². The van der Waals surface area contributed by atoms with E-state index in [1.54, 1.807) is 46.6 Å². The molecule has 1 N–H and O–H groups in total. The molecule has 5 rings (SSSR count). The molecule has 0 saturated heterocycles. The fourth-order valence-electron chi connectivity index (χ4n) is 4.51. The summed E-state index contributed by atoms with van der Waals surface area (Å²) in [5.74, 6) is 3.40. The molecule has 0 amide bonds. The highest BCUT2D eigenvalue weighted by molar-refractivity contribution is 6.04. The number of hydrazone groups is 1. The number of nitrogens with zero attached hydrogens (tertiary/aromatic N) is 2. The Bertz CT molecular complexity index is 1260. The second kappa shape index (κ2) is 8.70. The van der Waals surface area contributed by atoms with Crippen LogP contribution >= 0.6 is 0 Å². The van der Waals surface area contributed by atoms with Crippen molar-refractivity contribution in [2.75, 3.05) is 28.4 Å². The van der Waals surface area contributed by atoms with Gasteiger partial charge in [0.1, 0.15) is 23.0 Å². The highest BCUT2D eigenvalue weighted by Crippen LogP contribution is 2.52. The van der Waals surface area contributed by atoms with Crippen molar-refractivity contribution in [1.82, 2.24) is 5.01 Å². The number of phenolic OH excluding ortho intramolecular Hbond substituents is 1. The third-order valence-corrected chi connectivity index (χ3v) is 6.22. The highest BCUT2D eigenvalue weighted by Gasteiger charge is 2.43. The van der Waals surface area contributed by atoms with Crippen molar-refractivity contribution >= 4 is 5.71 Å². The number of aromatic hydroxyl groups is 1. The van der Waals surface area contributed by atoms with Crippen molar-refractivity contribution in [3.63, 3.8) is 0 Å². The zero-order chi connectivity index (χ0) is 23.8. The maximum absolute atomic E-state index is 10.6. The van der Waals surface area contributed by atoms with Crippen LogP contribution in [0.2, 0.25) is 0 Å². The van der Waals surface area contributed by atoms with Crippen LogP contribution in [0.5, 0.6) is 34.5 Å². The molecule has 2 aliphatic rings. The second-order valence-corrected chi connectivity index (χ2v) is 7.99. The summed E-state index contributed by atoms with van der Waals surface area (Å²) in [5.41, 5.74) is 3.12. The van der Waals surface area contributed by atoms with E-state index in [9.17, 15) is 5.11 Å². The summed E-state index contributed by atoms with van der Waals surface area (Å²) in [6, 6.07) is 16.4. The molecule has 0 saturated carbocycles. The van der Waals surface area contributed by atoms with Crippen LogP contribution < -0.4 is 23.7 Å². The minimum atomic E-state index is -0.583. The molecule has 0 bridgehead atoms. The van der Waals surface area contributed by atoms with Crippen LogP contribution in [-0.2, 0) is 0 Å². The smallest absolute Gasteiger partial charge is 0.217 e. The van der Waals surface area contributed by atoms with Gasteiger partial charge in [-0.25, -0.2) is 5.01 Å². The Kier molecular flexibility index (Phi) is 5.57. The van der Waals surface area contributed by atoms with E-state index in [0.29, 0.717) is 40.7 Å². The van der Waals surface area contributed by atoms with E-state index in [4.69, 9.17) is 28.8 Å². The third-order valence-electron chi connectivity index (χ3n) is 6.22. The molecule has 2 heterocycles. The lowest BCUT2D eigenvalue weighted by atomic mass is 9.95. The Labute approximate surface area is 197 Å². The zero-order valence-corrected chi connectivity index (χ0v) is 19.4. The number of hydrogen-bond acceptors (Lipinski definition) is 8. The van der Waals surface area contributed by atoms with Gasteiger partial charge in [-0.05, 0) is 36.4 Å². The average Bonchev–Trinajstić information content (AvgIpc) is 3.33. The van der Waals surface area contributed by atoms with Crippen molar-refractivity contribution in [3.8, 4) is 34.5 Å². The molecular weight excluding hydrogens is 436 g/mol. The molecule has 34 heavy (non-hydrogen) atoms. The molecule has 0 radical (unpaired) electrons. The van der Waals surface area contributed by atoms with Gasteiger partial charge in [0.25, 0.3) is 0 Å².